The normalized spacial score (nSPS) is 27.2. The Morgan fingerprint density at radius 1 is 1.47 bits per heavy atom. The van der Waals surface area contributed by atoms with Crippen molar-refractivity contribution in [2.45, 2.75) is 24.9 Å². The summed E-state index contributed by atoms with van der Waals surface area (Å²) in [5.41, 5.74) is 7.70. The van der Waals surface area contributed by atoms with Gasteiger partial charge in [0.2, 0.25) is 5.91 Å². The van der Waals surface area contributed by atoms with Gasteiger partial charge in [0.05, 0.1) is 0 Å². The Morgan fingerprint density at radius 3 is 3.11 bits per heavy atom. The second-order valence-electron chi connectivity index (χ2n) is 5.26. The molecule has 0 spiro atoms. The number of amides is 1. The number of carbonyl (C=O) groups is 1. The number of piperazine rings is 1. The summed E-state index contributed by atoms with van der Waals surface area (Å²) in [5.74, 6) is -0.478. The van der Waals surface area contributed by atoms with Crippen LogP contribution in [-0.4, -0.2) is 36.5 Å². The smallest absolute Gasteiger partial charge is 0.236 e. The molecule has 0 bridgehead atoms. The molecule has 1 saturated heterocycles. The van der Waals surface area contributed by atoms with Crippen LogP contribution >= 0.6 is 0 Å². The number of hydrogen-bond acceptors (Lipinski definition) is 3. The second kappa shape index (κ2) is 4.90. The van der Waals surface area contributed by atoms with E-state index in [2.05, 4.69) is 10.2 Å². The van der Waals surface area contributed by atoms with Gasteiger partial charge in [-0.05, 0) is 36.1 Å². The van der Waals surface area contributed by atoms with Crippen molar-refractivity contribution in [2.24, 2.45) is 5.73 Å². The van der Waals surface area contributed by atoms with E-state index in [1.54, 1.807) is 6.07 Å². The van der Waals surface area contributed by atoms with E-state index in [0.717, 1.165) is 37.1 Å². The molecule has 0 saturated carbocycles. The molecule has 2 aliphatic rings. The molecule has 102 valence electrons. The molecule has 4 nitrogen and oxygen atoms in total. The van der Waals surface area contributed by atoms with Crippen LogP contribution in [0.15, 0.2) is 18.2 Å². The van der Waals surface area contributed by atoms with Crippen LogP contribution in [0.2, 0.25) is 0 Å². The van der Waals surface area contributed by atoms with Crippen molar-refractivity contribution >= 4 is 5.91 Å². The van der Waals surface area contributed by atoms with Gasteiger partial charge in [0.15, 0.2) is 0 Å². The number of halogens is 1. The minimum Gasteiger partial charge on any atom is -0.368 e. The van der Waals surface area contributed by atoms with E-state index in [4.69, 9.17) is 5.73 Å². The number of fused-ring (bicyclic) bond motifs is 1. The molecule has 1 heterocycles. The maximum Gasteiger partial charge on any atom is 0.236 e. The summed E-state index contributed by atoms with van der Waals surface area (Å²) < 4.78 is 13.2. The lowest BCUT2D eigenvalue weighted by molar-refractivity contribution is -0.124. The van der Waals surface area contributed by atoms with E-state index in [9.17, 15) is 9.18 Å². The fourth-order valence-corrected chi connectivity index (χ4v) is 3.27. The van der Waals surface area contributed by atoms with Crippen molar-refractivity contribution in [3.05, 3.63) is 35.1 Å². The number of nitrogens with zero attached hydrogens (tertiary/aromatic N) is 1. The third-order valence-electron chi connectivity index (χ3n) is 4.16. The van der Waals surface area contributed by atoms with Gasteiger partial charge in [0, 0.05) is 25.7 Å². The first kappa shape index (κ1) is 12.6. The van der Waals surface area contributed by atoms with E-state index in [-0.39, 0.29) is 23.8 Å². The Kier molecular flexibility index (Phi) is 3.24. The van der Waals surface area contributed by atoms with Crippen LogP contribution in [0.4, 0.5) is 4.39 Å². The minimum atomic E-state index is -0.289. The lowest BCUT2D eigenvalue weighted by Crippen LogP contribution is -2.57. The Labute approximate surface area is 111 Å². The topological polar surface area (TPSA) is 58.4 Å². The number of carbonyl (C=O) groups excluding carboxylic acids is 1. The van der Waals surface area contributed by atoms with Crippen LogP contribution in [0.1, 0.15) is 23.6 Å². The van der Waals surface area contributed by atoms with Crippen LogP contribution in [0.5, 0.6) is 0 Å². The van der Waals surface area contributed by atoms with Gasteiger partial charge in [-0.3, -0.25) is 9.69 Å². The number of nitrogens with two attached hydrogens (primary N) is 1. The molecule has 2 atom stereocenters. The fraction of sp³-hybridized carbons (Fsp3) is 0.500. The number of aryl methyl sites for hydroxylation is 1. The van der Waals surface area contributed by atoms with Gasteiger partial charge in [0.25, 0.3) is 0 Å². The van der Waals surface area contributed by atoms with E-state index in [1.165, 1.54) is 6.07 Å². The molecule has 1 aliphatic carbocycles. The number of nitrogens with one attached hydrogen (secondary N) is 1. The summed E-state index contributed by atoms with van der Waals surface area (Å²) in [6, 6.07) is 4.88. The molecule has 0 aromatic heterocycles. The molecule has 1 amide bonds. The predicted molar refractivity (Wildman–Crippen MR) is 70.0 cm³/mol. The predicted octanol–water partition coefficient (Wildman–Crippen LogP) is 0.572. The highest BCUT2D eigenvalue weighted by Crippen LogP contribution is 2.37. The number of primary amides is 1. The Balaban J connectivity index is 1.89. The van der Waals surface area contributed by atoms with Crippen molar-refractivity contribution in [3.63, 3.8) is 0 Å². The third kappa shape index (κ3) is 2.24. The van der Waals surface area contributed by atoms with Crippen LogP contribution in [0.3, 0.4) is 0 Å². The largest absolute Gasteiger partial charge is 0.368 e. The first-order valence-electron chi connectivity index (χ1n) is 6.71. The average Bonchev–Trinajstić information content (AvgIpc) is 2.81. The molecule has 2 unspecified atom stereocenters. The van der Waals surface area contributed by atoms with Gasteiger partial charge in [-0.15, -0.1) is 0 Å². The lowest BCUT2D eigenvalue weighted by Gasteiger charge is -2.38. The summed E-state index contributed by atoms with van der Waals surface area (Å²) in [7, 11) is 0. The fourth-order valence-electron chi connectivity index (χ4n) is 3.27. The molecule has 3 N–H and O–H groups in total. The molecule has 1 fully saturated rings. The van der Waals surface area contributed by atoms with E-state index < -0.39 is 0 Å². The Morgan fingerprint density at radius 2 is 2.32 bits per heavy atom. The van der Waals surface area contributed by atoms with Crippen molar-refractivity contribution in [1.29, 1.82) is 0 Å². The van der Waals surface area contributed by atoms with Gasteiger partial charge < -0.3 is 11.1 Å². The van der Waals surface area contributed by atoms with Gasteiger partial charge in [-0.2, -0.15) is 0 Å². The SMILES string of the molecule is NC(=O)C1CNCCN1C1CCc2cc(F)ccc21. The van der Waals surface area contributed by atoms with Crippen molar-refractivity contribution in [2.75, 3.05) is 19.6 Å². The van der Waals surface area contributed by atoms with Gasteiger partial charge in [0.1, 0.15) is 11.9 Å². The Hall–Kier alpha value is -1.46. The molecule has 3 rings (SSSR count). The van der Waals surface area contributed by atoms with Gasteiger partial charge in [-0.25, -0.2) is 4.39 Å². The molecular formula is C14H18FN3O. The molecular weight excluding hydrogens is 245 g/mol. The molecule has 1 aliphatic heterocycles. The van der Waals surface area contributed by atoms with Gasteiger partial charge in [-0.1, -0.05) is 6.07 Å². The zero-order chi connectivity index (χ0) is 13.4. The zero-order valence-corrected chi connectivity index (χ0v) is 10.7. The second-order valence-corrected chi connectivity index (χ2v) is 5.26. The summed E-state index contributed by atoms with van der Waals surface area (Å²) in [6.45, 7) is 2.26. The monoisotopic (exact) mass is 263 g/mol. The van der Waals surface area contributed by atoms with E-state index in [0.29, 0.717) is 6.54 Å². The van der Waals surface area contributed by atoms with E-state index in [1.807, 2.05) is 6.07 Å². The maximum atomic E-state index is 13.2. The number of hydrogen-bond donors (Lipinski definition) is 2. The highest BCUT2D eigenvalue weighted by Gasteiger charge is 2.36. The standard InChI is InChI=1S/C14H18FN3O/c15-10-2-3-11-9(7-10)1-4-12(11)18-6-5-17-8-13(18)14(16)19/h2-3,7,12-13,17H,1,4-6,8H2,(H2,16,19). The van der Waals surface area contributed by atoms with Crippen LogP contribution < -0.4 is 11.1 Å². The minimum absolute atomic E-state index is 0.189. The highest BCUT2D eigenvalue weighted by atomic mass is 19.1. The van der Waals surface area contributed by atoms with Crippen molar-refractivity contribution < 1.29 is 9.18 Å². The maximum absolute atomic E-state index is 13.2. The van der Waals surface area contributed by atoms with Crippen molar-refractivity contribution in [3.8, 4) is 0 Å². The highest BCUT2D eigenvalue weighted by molar-refractivity contribution is 5.80. The zero-order valence-electron chi connectivity index (χ0n) is 10.7. The van der Waals surface area contributed by atoms with E-state index >= 15 is 0 Å². The quantitative estimate of drug-likeness (QED) is 0.820. The average molecular weight is 263 g/mol. The molecule has 5 heteroatoms. The summed E-state index contributed by atoms with van der Waals surface area (Å²) in [5, 5.41) is 3.20. The first-order valence-corrected chi connectivity index (χ1v) is 6.71. The molecule has 19 heavy (non-hydrogen) atoms. The molecule has 0 radical (unpaired) electrons. The lowest BCUT2D eigenvalue weighted by atomic mass is 10.0. The van der Waals surface area contributed by atoms with Crippen LogP contribution in [0.25, 0.3) is 0 Å². The van der Waals surface area contributed by atoms with Gasteiger partial charge >= 0.3 is 0 Å². The first-order chi connectivity index (χ1) is 9.16. The Bertz CT molecular complexity index is 505. The van der Waals surface area contributed by atoms with Crippen LogP contribution in [-0.2, 0) is 11.2 Å². The van der Waals surface area contributed by atoms with Crippen molar-refractivity contribution in [1.82, 2.24) is 10.2 Å². The summed E-state index contributed by atoms with van der Waals surface area (Å²) >= 11 is 0. The number of rotatable bonds is 2. The molecule has 1 aromatic rings. The third-order valence-corrected chi connectivity index (χ3v) is 4.16. The molecule has 1 aromatic carbocycles. The van der Waals surface area contributed by atoms with Crippen LogP contribution in [0, 0.1) is 5.82 Å². The summed E-state index contributed by atoms with van der Waals surface area (Å²) in [4.78, 5) is 13.7. The summed E-state index contributed by atoms with van der Waals surface area (Å²) in [6.07, 6.45) is 1.80. The number of benzene rings is 1.